The number of hydrogen-bond donors (Lipinski definition) is 0. The Kier molecular flexibility index (Phi) is 2.76. The van der Waals surface area contributed by atoms with E-state index >= 15 is 0 Å². The number of hydrogen-bond acceptors (Lipinski definition) is 1. The molecule has 0 spiro atoms. The van der Waals surface area contributed by atoms with Gasteiger partial charge in [0.05, 0.1) is 0 Å². The summed E-state index contributed by atoms with van der Waals surface area (Å²) in [6.45, 7) is 8.89. The van der Waals surface area contributed by atoms with Crippen LogP contribution >= 0.6 is 0 Å². The Hall–Kier alpha value is -0.590. The third kappa shape index (κ3) is 1.85. The Morgan fingerprint density at radius 2 is 2.19 bits per heavy atom. The van der Waals surface area contributed by atoms with Gasteiger partial charge in [-0.25, -0.2) is 0 Å². The van der Waals surface area contributed by atoms with Crippen molar-refractivity contribution in [3.05, 3.63) is 11.6 Å². The van der Waals surface area contributed by atoms with Crippen LogP contribution in [0.15, 0.2) is 11.6 Å². The number of carbonyl (C=O) groups excluding carboxylic acids is 1. The van der Waals surface area contributed by atoms with Gasteiger partial charge in [-0.15, -0.1) is 0 Å². The van der Waals surface area contributed by atoms with Crippen LogP contribution in [0.1, 0.15) is 53.4 Å². The highest BCUT2D eigenvalue weighted by Crippen LogP contribution is 2.60. The predicted octanol–water partition coefficient (Wildman–Crippen LogP) is 3.98. The number of carbonyl (C=O) groups is 1. The second-order valence-electron chi connectivity index (χ2n) is 6.93. The minimum Gasteiger partial charge on any atom is -0.303 e. The average molecular weight is 220 g/mol. The average Bonchev–Trinajstić information content (AvgIpc) is 2.26. The molecule has 2 bridgehead atoms. The number of fused-ring (bicyclic) bond motifs is 1. The Morgan fingerprint density at radius 3 is 2.69 bits per heavy atom. The first-order valence-electron chi connectivity index (χ1n) is 6.52. The zero-order valence-corrected chi connectivity index (χ0v) is 11.0. The normalized spacial score (nSPS) is 31.6. The quantitative estimate of drug-likeness (QED) is 0.517. The van der Waals surface area contributed by atoms with Crippen molar-refractivity contribution in [2.75, 3.05) is 0 Å². The van der Waals surface area contributed by atoms with Crippen molar-refractivity contribution in [2.24, 2.45) is 22.7 Å². The van der Waals surface area contributed by atoms with Gasteiger partial charge in [0.1, 0.15) is 6.29 Å². The van der Waals surface area contributed by atoms with E-state index in [0.717, 1.165) is 31.0 Å². The van der Waals surface area contributed by atoms with Crippen LogP contribution in [0.5, 0.6) is 0 Å². The monoisotopic (exact) mass is 220 g/mol. The van der Waals surface area contributed by atoms with Crippen LogP contribution in [0, 0.1) is 22.7 Å². The molecule has 0 radical (unpaired) electrons. The maximum Gasteiger partial charge on any atom is 0.125 e. The Bertz CT molecular complexity index is 322. The molecule has 1 heteroatoms. The molecule has 2 atom stereocenters. The molecule has 0 aromatic rings. The summed E-state index contributed by atoms with van der Waals surface area (Å²) in [6.07, 6.45) is 8.32. The van der Waals surface area contributed by atoms with E-state index in [0.29, 0.717) is 5.41 Å². The molecular formula is C15H24O. The van der Waals surface area contributed by atoms with Gasteiger partial charge >= 0.3 is 0 Å². The summed E-state index contributed by atoms with van der Waals surface area (Å²) in [5.74, 6) is 1.72. The zero-order chi connectivity index (χ0) is 12.0. The molecule has 90 valence electrons. The van der Waals surface area contributed by atoms with E-state index in [1.165, 1.54) is 12.8 Å². The summed E-state index contributed by atoms with van der Waals surface area (Å²) >= 11 is 0. The molecular weight excluding hydrogens is 196 g/mol. The van der Waals surface area contributed by atoms with E-state index in [4.69, 9.17) is 0 Å². The summed E-state index contributed by atoms with van der Waals surface area (Å²) in [5.41, 5.74) is 2.00. The topological polar surface area (TPSA) is 17.1 Å². The van der Waals surface area contributed by atoms with Crippen LogP contribution < -0.4 is 0 Å². The molecule has 1 nitrogen and oxygen atoms in total. The van der Waals surface area contributed by atoms with Crippen molar-refractivity contribution in [1.29, 1.82) is 0 Å². The number of aldehydes is 1. The van der Waals surface area contributed by atoms with Crippen molar-refractivity contribution in [3.63, 3.8) is 0 Å². The van der Waals surface area contributed by atoms with Gasteiger partial charge in [-0.2, -0.15) is 0 Å². The van der Waals surface area contributed by atoms with E-state index in [9.17, 15) is 4.79 Å². The van der Waals surface area contributed by atoms with Crippen molar-refractivity contribution >= 4 is 6.29 Å². The van der Waals surface area contributed by atoms with Gasteiger partial charge < -0.3 is 4.79 Å². The predicted molar refractivity (Wildman–Crippen MR) is 67.2 cm³/mol. The lowest BCUT2D eigenvalue weighted by atomic mass is 9.48. The first-order valence-corrected chi connectivity index (χ1v) is 6.52. The van der Waals surface area contributed by atoms with Crippen molar-refractivity contribution in [2.45, 2.75) is 53.4 Å². The SMILES string of the molecule is CC(C)(C=O)CCC1=CCC2CC1C2(C)C. The second kappa shape index (κ2) is 3.72. The van der Waals surface area contributed by atoms with Gasteiger partial charge in [0.2, 0.25) is 0 Å². The lowest BCUT2D eigenvalue weighted by Gasteiger charge is -2.56. The molecule has 3 aliphatic carbocycles. The summed E-state index contributed by atoms with van der Waals surface area (Å²) in [7, 11) is 0. The Balaban J connectivity index is 1.97. The van der Waals surface area contributed by atoms with Gasteiger partial charge in [0.15, 0.2) is 0 Å². The van der Waals surface area contributed by atoms with Crippen LogP contribution in [0.2, 0.25) is 0 Å². The molecule has 0 saturated heterocycles. The van der Waals surface area contributed by atoms with Crippen LogP contribution in [-0.2, 0) is 4.79 Å². The van der Waals surface area contributed by atoms with Crippen LogP contribution in [0.4, 0.5) is 0 Å². The fourth-order valence-electron chi connectivity index (χ4n) is 3.28. The maximum atomic E-state index is 10.9. The summed E-state index contributed by atoms with van der Waals surface area (Å²) in [4.78, 5) is 10.9. The van der Waals surface area contributed by atoms with E-state index in [-0.39, 0.29) is 5.41 Å². The van der Waals surface area contributed by atoms with Crippen molar-refractivity contribution in [1.82, 2.24) is 0 Å². The summed E-state index contributed by atoms with van der Waals surface area (Å²) < 4.78 is 0. The molecule has 1 saturated carbocycles. The highest BCUT2D eigenvalue weighted by Gasteiger charge is 2.50. The minimum absolute atomic E-state index is 0.147. The van der Waals surface area contributed by atoms with Crippen LogP contribution in [0.25, 0.3) is 0 Å². The molecule has 3 aliphatic rings. The molecule has 16 heavy (non-hydrogen) atoms. The van der Waals surface area contributed by atoms with Crippen LogP contribution in [-0.4, -0.2) is 6.29 Å². The van der Waals surface area contributed by atoms with E-state index in [2.05, 4.69) is 19.9 Å². The molecule has 0 aromatic heterocycles. The Labute approximate surface area is 99.3 Å². The maximum absolute atomic E-state index is 10.9. The lowest BCUT2D eigenvalue weighted by molar-refractivity contribution is -0.115. The van der Waals surface area contributed by atoms with Gasteiger partial charge in [0.25, 0.3) is 0 Å². The van der Waals surface area contributed by atoms with Crippen molar-refractivity contribution < 1.29 is 4.79 Å². The van der Waals surface area contributed by atoms with Gasteiger partial charge in [-0.05, 0) is 42.9 Å². The third-order valence-corrected chi connectivity index (χ3v) is 4.96. The molecule has 0 aromatic carbocycles. The number of rotatable bonds is 4. The molecule has 0 aliphatic heterocycles. The third-order valence-electron chi connectivity index (χ3n) is 4.96. The molecule has 0 amide bonds. The van der Waals surface area contributed by atoms with Gasteiger partial charge in [-0.1, -0.05) is 39.3 Å². The fraction of sp³-hybridized carbons (Fsp3) is 0.800. The summed E-state index contributed by atoms with van der Waals surface area (Å²) in [5, 5.41) is 0. The van der Waals surface area contributed by atoms with E-state index in [1.54, 1.807) is 5.57 Å². The fourth-order valence-corrected chi connectivity index (χ4v) is 3.28. The largest absolute Gasteiger partial charge is 0.303 e. The standard InChI is InChI=1S/C15H24O/c1-14(2,10-16)8-7-11-5-6-12-9-13(11)15(12,3)4/h5,10,12-13H,6-9H2,1-4H3. The first kappa shape index (κ1) is 11.9. The minimum atomic E-state index is -0.147. The molecule has 0 N–H and O–H groups in total. The van der Waals surface area contributed by atoms with Gasteiger partial charge in [-0.3, -0.25) is 0 Å². The smallest absolute Gasteiger partial charge is 0.125 e. The molecule has 2 unspecified atom stereocenters. The lowest BCUT2D eigenvalue weighted by Crippen LogP contribution is -2.48. The van der Waals surface area contributed by atoms with E-state index in [1.807, 2.05) is 13.8 Å². The van der Waals surface area contributed by atoms with Crippen molar-refractivity contribution in [3.8, 4) is 0 Å². The highest BCUT2D eigenvalue weighted by atomic mass is 16.1. The first-order chi connectivity index (χ1) is 7.37. The summed E-state index contributed by atoms with van der Waals surface area (Å²) in [6, 6.07) is 0. The molecule has 0 heterocycles. The van der Waals surface area contributed by atoms with Crippen LogP contribution in [0.3, 0.4) is 0 Å². The van der Waals surface area contributed by atoms with E-state index < -0.39 is 0 Å². The van der Waals surface area contributed by atoms with Gasteiger partial charge in [0, 0.05) is 5.41 Å². The number of allylic oxidation sites excluding steroid dienone is 2. The zero-order valence-electron chi connectivity index (χ0n) is 11.0. The second-order valence-corrected chi connectivity index (χ2v) is 6.93. The molecule has 1 fully saturated rings. The molecule has 3 rings (SSSR count). The highest BCUT2D eigenvalue weighted by molar-refractivity contribution is 5.57. The Morgan fingerprint density at radius 1 is 1.50 bits per heavy atom.